The van der Waals surface area contributed by atoms with Crippen molar-refractivity contribution in [3.63, 3.8) is 0 Å². The van der Waals surface area contributed by atoms with E-state index in [2.05, 4.69) is 22.1 Å². The zero-order valence-corrected chi connectivity index (χ0v) is 14.7. The fourth-order valence-corrected chi connectivity index (χ4v) is 3.55. The summed E-state index contributed by atoms with van der Waals surface area (Å²) in [6, 6.07) is 0. The molecule has 3 nitrogen and oxygen atoms in total. The van der Waals surface area contributed by atoms with Gasteiger partial charge < -0.3 is 10.2 Å². The molecular formula is C15H28IN3. The summed E-state index contributed by atoms with van der Waals surface area (Å²) in [5.41, 5.74) is 0.664. The van der Waals surface area contributed by atoms with Gasteiger partial charge in [-0.15, -0.1) is 24.0 Å². The lowest BCUT2D eigenvalue weighted by Gasteiger charge is -2.34. The predicted octanol–water partition coefficient (Wildman–Crippen LogP) is 3.10. The van der Waals surface area contributed by atoms with Crippen LogP contribution in [0.25, 0.3) is 0 Å². The number of nitrogens with zero attached hydrogens (tertiary/aromatic N) is 2. The van der Waals surface area contributed by atoms with Crippen molar-refractivity contribution in [2.75, 3.05) is 26.7 Å². The maximum Gasteiger partial charge on any atom is 0.193 e. The minimum atomic E-state index is 0. The van der Waals surface area contributed by atoms with Gasteiger partial charge in [-0.3, -0.25) is 4.99 Å². The monoisotopic (exact) mass is 377 g/mol. The van der Waals surface area contributed by atoms with Crippen LogP contribution in [0.3, 0.4) is 0 Å². The third-order valence-corrected chi connectivity index (χ3v) is 5.10. The summed E-state index contributed by atoms with van der Waals surface area (Å²) in [4.78, 5) is 6.94. The van der Waals surface area contributed by atoms with E-state index in [0.717, 1.165) is 24.3 Å². The Kier molecular flexibility index (Phi) is 5.01. The second-order valence-corrected chi connectivity index (χ2v) is 6.73. The summed E-state index contributed by atoms with van der Waals surface area (Å²) in [5.74, 6) is 2.99. The van der Waals surface area contributed by atoms with Gasteiger partial charge in [-0.25, -0.2) is 0 Å². The molecule has 4 heteroatoms. The van der Waals surface area contributed by atoms with Crippen molar-refractivity contribution in [1.82, 2.24) is 10.2 Å². The highest BCUT2D eigenvalue weighted by Gasteiger charge is 2.53. The van der Waals surface area contributed by atoms with Crippen molar-refractivity contribution < 1.29 is 0 Å². The Morgan fingerprint density at radius 3 is 2.58 bits per heavy atom. The van der Waals surface area contributed by atoms with Gasteiger partial charge in [0, 0.05) is 26.7 Å². The second kappa shape index (κ2) is 6.19. The Hall–Kier alpha value is 0. The Bertz CT molecular complexity index is 334. The first kappa shape index (κ1) is 15.4. The molecule has 0 spiro atoms. The third-order valence-electron chi connectivity index (χ3n) is 5.10. The van der Waals surface area contributed by atoms with Crippen LogP contribution in [-0.4, -0.2) is 37.5 Å². The maximum absolute atomic E-state index is 4.49. The molecule has 3 rings (SSSR count). The van der Waals surface area contributed by atoms with E-state index < -0.39 is 0 Å². The van der Waals surface area contributed by atoms with Gasteiger partial charge in [0.15, 0.2) is 5.96 Å². The van der Waals surface area contributed by atoms with Crippen LogP contribution in [0, 0.1) is 17.3 Å². The van der Waals surface area contributed by atoms with Crippen LogP contribution in [0.5, 0.6) is 0 Å². The molecule has 1 N–H and O–H groups in total. The van der Waals surface area contributed by atoms with E-state index in [1.807, 2.05) is 7.05 Å². The van der Waals surface area contributed by atoms with Crippen molar-refractivity contribution in [3.05, 3.63) is 0 Å². The number of nitrogens with one attached hydrogen (secondary N) is 1. The van der Waals surface area contributed by atoms with E-state index in [1.54, 1.807) is 0 Å². The summed E-state index contributed by atoms with van der Waals surface area (Å²) in [6.07, 6.45) is 8.52. The average Bonchev–Trinajstić information content (AvgIpc) is 3.24. The number of halogens is 1. The molecule has 0 aromatic heterocycles. The van der Waals surface area contributed by atoms with E-state index >= 15 is 0 Å². The summed E-state index contributed by atoms with van der Waals surface area (Å²) in [7, 11) is 1.93. The molecule has 1 heterocycles. The molecule has 0 radical (unpaired) electrons. The maximum atomic E-state index is 4.49. The molecule has 0 amide bonds. The number of rotatable bonds is 3. The van der Waals surface area contributed by atoms with Crippen LogP contribution < -0.4 is 5.32 Å². The van der Waals surface area contributed by atoms with Crippen molar-refractivity contribution >= 4 is 29.9 Å². The molecule has 0 aromatic rings. The Labute approximate surface area is 134 Å². The van der Waals surface area contributed by atoms with Gasteiger partial charge in [0.25, 0.3) is 0 Å². The van der Waals surface area contributed by atoms with Gasteiger partial charge in [0.05, 0.1) is 0 Å². The van der Waals surface area contributed by atoms with E-state index in [-0.39, 0.29) is 24.0 Å². The SMILES string of the molecule is CN=C(NCC1(C2CC2)CC1)N1CCCC(C)C1.I. The number of hydrogen-bond donors (Lipinski definition) is 1. The lowest BCUT2D eigenvalue weighted by atomic mass is 10.00. The minimum absolute atomic E-state index is 0. The van der Waals surface area contributed by atoms with Crippen molar-refractivity contribution in [2.24, 2.45) is 22.2 Å². The average molecular weight is 377 g/mol. The number of hydrogen-bond acceptors (Lipinski definition) is 1. The Morgan fingerprint density at radius 1 is 1.32 bits per heavy atom. The molecule has 0 aromatic carbocycles. The van der Waals surface area contributed by atoms with E-state index in [0.29, 0.717) is 5.41 Å². The Balaban J connectivity index is 0.00000133. The van der Waals surface area contributed by atoms with E-state index in [9.17, 15) is 0 Å². The van der Waals surface area contributed by atoms with Crippen molar-refractivity contribution in [3.8, 4) is 0 Å². The Morgan fingerprint density at radius 2 is 2.05 bits per heavy atom. The predicted molar refractivity (Wildman–Crippen MR) is 91.1 cm³/mol. The topological polar surface area (TPSA) is 27.6 Å². The molecule has 19 heavy (non-hydrogen) atoms. The molecule has 110 valence electrons. The highest BCUT2D eigenvalue weighted by Crippen LogP contribution is 2.60. The standard InChI is InChI=1S/C15H27N3.HI/c1-12-4-3-9-18(10-12)14(16-2)17-11-15(7-8-15)13-5-6-13;/h12-13H,3-11H2,1-2H3,(H,16,17);1H. The number of piperidine rings is 1. The molecule has 2 saturated carbocycles. The second-order valence-electron chi connectivity index (χ2n) is 6.73. The molecule has 3 fully saturated rings. The number of aliphatic imine (C=N–C) groups is 1. The van der Waals surface area contributed by atoms with Gasteiger partial charge >= 0.3 is 0 Å². The van der Waals surface area contributed by atoms with Crippen LogP contribution in [0.2, 0.25) is 0 Å². The zero-order valence-electron chi connectivity index (χ0n) is 12.3. The lowest BCUT2D eigenvalue weighted by molar-refractivity contribution is 0.263. The third kappa shape index (κ3) is 3.56. The quantitative estimate of drug-likeness (QED) is 0.465. The smallest absolute Gasteiger partial charge is 0.193 e. The van der Waals surface area contributed by atoms with Crippen LogP contribution in [-0.2, 0) is 0 Å². The summed E-state index contributed by atoms with van der Waals surface area (Å²) >= 11 is 0. The van der Waals surface area contributed by atoms with Crippen LogP contribution >= 0.6 is 24.0 Å². The first-order chi connectivity index (χ1) is 8.73. The molecule has 3 aliphatic rings. The highest BCUT2D eigenvalue weighted by atomic mass is 127. The van der Waals surface area contributed by atoms with Crippen molar-refractivity contribution in [2.45, 2.75) is 45.4 Å². The first-order valence-corrected chi connectivity index (χ1v) is 7.69. The first-order valence-electron chi connectivity index (χ1n) is 7.69. The summed E-state index contributed by atoms with van der Waals surface area (Å²) in [6.45, 7) is 5.87. The molecular weight excluding hydrogens is 349 g/mol. The molecule has 1 saturated heterocycles. The largest absolute Gasteiger partial charge is 0.356 e. The number of guanidine groups is 1. The normalized spacial score (nSPS) is 29.7. The van der Waals surface area contributed by atoms with Gasteiger partial charge in [-0.2, -0.15) is 0 Å². The van der Waals surface area contributed by atoms with E-state index in [4.69, 9.17) is 0 Å². The fraction of sp³-hybridized carbons (Fsp3) is 0.933. The molecule has 2 aliphatic carbocycles. The molecule has 0 bridgehead atoms. The fourth-order valence-electron chi connectivity index (χ4n) is 3.55. The van der Waals surface area contributed by atoms with Gasteiger partial charge in [-0.05, 0) is 55.8 Å². The van der Waals surface area contributed by atoms with Crippen LogP contribution in [0.15, 0.2) is 4.99 Å². The van der Waals surface area contributed by atoms with Gasteiger partial charge in [0.1, 0.15) is 0 Å². The molecule has 1 unspecified atom stereocenters. The number of likely N-dealkylation sites (tertiary alicyclic amines) is 1. The van der Waals surface area contributed by atoms with Gasteiger partial charge in [0.2, 0.25) is 0 Å². The molecule has 1 atom stereocenters. The zero-order chi connectivity index (χ0) is 12.6. The minimum Gasteiger partial charge on any atom is -0.356 e. The lowest BCUT2D eigenvalue weighted by Crippen LogP contribution is -2.47. The summed E-state index contributed by atoms with van der Waals surface area (Å²) in [5, 5.41) is 3.66. The molecule has 1 aliphatic heterocycles. The van der Waals surface area contributed by atoms with E-state index in [1.165, 1.54) is 51.6 Å². The van der Waals surface area contributed by atoms with Crippen LogP contribution in [0.4, 0.5) is 0 Å². The summed E-state index contributed by atoms with van der Waals surface area (Å²) < 4.78 is 0. The van der Waals surface area contributed by atoms with Crippen molar-refractivity contribution in [1.29, 1.82) is 0 Å². The highest BCUT2D eigenvalue weighted by molar-refractivity contribution is 14.0. The van der Waals surface area contributed by atoms with Gasteiger partial charge in [-0.1, -0.05) is 6.92 Å². The van der Waals surface area contributed by atoms with Crippen LogP contribution in [0.1, 0.15) is 45.4 Å².